The largest absolute Gasteiger partial charge is 0.300 e. The fraction of sp³-hybridized carbons (Fsp3) is 0.474. The van der Waals surface area contributed by atoms with Crippen LogP contribution in [0.2, 0.25) is 0 Å². The topological polar surface area (TPSA) is 49.8 Å². The minimum absolute atomic E-state index is 0.0801. The SMILES string of the molecule is Cc1ccc2cc(N=C3C[C@@]4(CN5CCC4CC5)ON3)ncc2c1. The molecule has 0 unspecified atom stereocenters. The van der Waals surface area contributed by atoms with Crippen LogP contribution in [-0.4, -0.2) is 41.0 Å². The van der Waals surface area contributed by atoms with Gasteiger partial charge in [0.2, 0.25) is 0 Å². The molecule has 0 amide bonds. The maximum absolute atomic E-state index is 6.05. The Morgan fingerprint density at radius 1 is 1.25 bits per heavy atom. The van der Waals surface area contributed by atoms with Gasteiger partial charge in [-0.2, -0.15) is 0 Å². The average molecular weight is 322 g/mol. The van der Waals surface area contributed by atoms with Crippen LogP contribution >= 0.6 is 0 Å². The van der Waals surface area contributed by atoms with Crippen LogP contribution in [0.25, 0.3) is 10.8 Å². The molecule has 124 valence electrons. The molecular weight excluding hydrogens is 300 g/mol. The molecule has 2 aromatic rings. The standard InChI is InChI=1S/C19H22N4O/c1-13-2-3-14-9-17(20-11-15(14)8-13)21-18-10-19(24-22-18)12-23-6-4-16(19)5-7-23/h2-3,8-9,11,16H,4-7,10,12H2,1H3,(H,20,21,22)/t19-/m0/s1. The molecule has 1 aromatic carbocycles. The highest BCUT2D eigenvalue weighted by Crippen LogP contribution is 2.42. The van der Waals surface area contributed by atoms with Gasteiger partial charge in [0.1, 0.15) is 11.4 Å². The number of hydrogen-bond donors (Lipinski definition) is 1. The number of amidine groups is 1. The summed E-state index contributed by atoms with van der Waals surface area (Å²) >= 11 is 0. The van der Waals surface area contributed by atoms with Crippen molar-refractivity contribution in [2.24, 2.45) is 10.9 Å². The number of nitrogens with one attached hydrogen (secondary N) is 1. The van der Waals surface area contributed by atoms with Gasteiger partial charge in [0.25, 0.3) is 0 Å². The molecule has 5 heteroatoms. The quantitative estimate of drug-likeness (QED) is 0.877. The second kappa shape index (κ2) is 5.26. The lowest BCUT2D eigenvalue weighted by Crippen LogP contribution is -2.59. The lowest BCUT2D eigenvalue weighted by Gasteiger charge is -2.49. The zero-order chi connectivity index (χ0) is 16.1. The predicted molar refractivity (Wildman–Crippen MR) is 94.3 cm³/mol. The molecule has 4 aliphatic rings. The van der Waals surface area contributed by atoms with Gasteiger partial charge >= 0.3 is 0 Å². The molecule has 6 rings (SSSR count). The number of pyridine rings is 1. The van der Waals surface area contributed by atoms with Crippen LogP contribution in [0.1, 0.15) is 24.8 Å². The summed E-state index contributed by atoms with van der Waals surface area (Å²) in [6, 6.07) is 8.45. The predicted octanol–water partition coefficient (Wildman–Crippen LogP) is 2.96. The number of benzene rings is 1. The number of aromatic nitrogens is 1. The van der Waals surface area contributed by atoms with Crippen molar-refractivity contribution >= 4 is 22.4 Å². The molecule has 1 spiro atoms. The molecule has 1 aromatic heterocycles. The molecule has 1 atom stereocenters. The number of piperidine rings is 3. The third-order valence-corrected chi connectivity index (χ3v) is 5.77. The van der Waals surface area contributed by atoms with Gasteiger partial charge in [-0.05, 0) is 56.3 Å². The first kappa shape index (κ1) is 14.4. The van der Waals surface area contributed by atoms with Gasteiger partial charge in [-0.15, -0.1) is 0 Å². The summed E-state index contributed by atoms with van der Waals surface area (Å²) in [5, 5.41) is 2.33. The zero-order valence-electron chi connectivity index (χ0n) is 14.0. The average Bonchev–Trinajstić information content (AvgIpc) is 2.98. The van der Waals surface area contributed by atoms with Crippen LogP contribution in [0, 0.1) is 12.8 Å². The summed E-state index contributed by atoms with van der Waals surface area (Å²) in [6.07, 6.45) is 5.24. The lowest BCUT2D eigenvalue weighted by molar-refractivity contribution is -0.150. The van der Waals surface area contributed by atoms with E-state index < -0.39 is 0 Å². The molecule has 2 bridgehead atoms. The number of rotatable bonds is 1. The van der Waals surface area contributed by atoms with E-state index in [9.17, 15) is 0 Å². The van der Waals surface area contributed by atoms with Gasteiger partial charge in [-0.25, -0.2) is 9.98 Å². The van der Waals surface area contributed by atoms with Crippen molar-refractivity contribution in [1.82, 2.24) is 15.4 Å². The molecular formula is C19H22N4O. The van der Waals surface area contributed by atoms with Crippen LogP contribution in [-0.2, 0) is 4.84 Å². The second-order valence-electron chi connectivity index (χ2n) is 7.45. The first-order valence-corrected chi connectivity index (χ1v) is 8.81. The van der Waals surface area contributed by atoms with Crippen LogP contribution in [0.15, 0.2) is 35.5 Å². The fourth-order valence-electron chi connectivity index (χ4n) is 4.47. The van der Waals surface area contributed by atoms with Crippen LogP contribution in [0.3, 0.4) is 0 Å². The van der Waals surface area contributed by atoms with Crippen molar-refractivity contribution < 1.29 is 4.84 Å². The first-order valence-electron chi connectivity index (χ1n) is 8.81. The van der Waals surface area contributed by atoms with Gasteiger partial charge in [-0.1, -0.05) is 17.7 Å². The third-order valence-electron chi connectivity index (χ3n) is 5.77. The summed E-state index contributed by atoms with van der Waals surface area (Å²) in [6.45, 7) is 5.55. The molecule has 24 heavy (non-hydrogen) atoms. The van der Waals surface area contributed by atoms with Crippen molar-refractivity contribution in [2.45, 2.75) is 31.8 Å². The molecule has 5 nitrogen and oxygen atoms in total. The monoisotopic (exact) mass is 322 g/mol. The Labute approximate surface area is 141 Å². The van der Waals surface area contributed by atoms with Crippen LogP contribution in [0.4, 0.5) is 5.82 Å². The van der Waals surface area contributed by atoms with Crippen molar-refractivity contribution in [3.8, 4) is 0 Å². The minimum atomic E-state index is -0.0801. The number of aryl methyl sites for hydroxylation is 1. The van der Waals surface area contributed by atoms with Crippen molar-refractivity contribution in [3.05, 3.63) is 36.0 Å². The Kier molecular flexibility index (Phi) is 3.15. The van der Waals surface area contributed by atoms with Crippen LogP contribution < -0.4 is 5.48 Å². The normalized spacial score (nSPS) is 33.5. The number of hydrogen-bond acceptors (Lipinski definition) is 4. The molecule has 1 N–H and O–H groups in total. The molecule has 0 aliphatic carbocycles. The summed E-state index contributed by atoms with van der Waals surface area (Å²) in [5.41, 5.74) is 4.26. The summed E-state index contributed by atoms with van der Waals surface area (Å²) < 4.78 is 0. The number of fused-ring (bicyclic) bond motifs is 3. The zero-order valence-corrected chi connectivity index (χ0v) is 14.0. The van der Waals surface area contributed by atoms with Crippen LogP contribution in [0.5, 0.6) is 0 Å². The van der Waals surface area contributed by atoms with E-state index in [1.165, 1.54) is 36.9 Å². The highest BCUT2D eigenvalue weighted by molar-refractivity contribution is 5.88. The van der Waals surface area contributed by atoms with E-state index in [-0.39, 0.29) is 5.60 Å². The van der Waals surface area contributed by atoms with E-state index in [4.69, 9.17) is 9.83 Å². The Bertz CT molecular complexity index is 825. The highest BCUT2D eigenvalue weighted by Gasteiger charge is 2.52. The fourth-order valence-corrected chi connectivity index (χ4v) is 4.47. The van der Waals surface area contributed by atoms with Gasteiger partial charge in [0.05, 0.1) is 0 Å². The first-order chi connectivity index (χ1) is 11.7. The second-order valence-corrected chi connectivity index (χ2v) is 7.45. The maximum Gasteiger partial charge on any atom is 0.154 e. The van der Waals surface area contributed by atoms with E-state index in [1.807, 2.05) is 12.3 Å². The van der Waals surface area contributed by atoms with E-state index in [1.54, 1.807) is 0 Å². The van der Waals surface area contributed by atoms with Gasteiger partial charge in [0.15, 0.2) is 5.82 Å². The van der Waals surface area contributed by atoms with Gasteiger partial charge < -0.3 is 4.90 Å². The summed E-state index contributed by atoms with van der Waals surface area (Å²) in [7, 11) is 0. The molecule has 0 radical (unpaired) electrons. The maximum atomic E-state index is 6.05. The molecule has 5 heterocycles. The highest BCUT2D eigenvalue weighted by atomic mass is 16.7. The number of aliphatic imine (C=N–C) groups is 1. The van der Waals surface area contributed by atoms with Crippen molar-refractivity contribution in [2.75, 3.05) is 19.6 Å². The summed E-state index contributed by atoms with van der Waals surface area (Å²) in [5.74, 6) is 2.30. The lowest BCUT2D eigenvalue weighted by atomic mass is 9.74. The Hall–Kier alpha value is -1.98. The summed E-state index contributed by atoms with van der Waals surface area (Å²) in [4.78, 5) is 17.8. The van der Waals surface area contributed by atoms with E-state index in [2.05, 4.69) is 40.5 Å². The molecule has 4 aliphatic heterocycles. The number of nitrogens with zero attached hydrogens (tertiary/aromatic N) is 3. The van der Waals surface area contributed by atoms with E-state index >= 15 is 0 Å². The Balaban J connectivity index is 1.42. The minimum Gasteiger partial charge on any atom is -0.300 e. The Morgan fingerprint density at radius 3 is 2.92 bits per heavy atom. The Morgan fingerprint density at radius 2 is 2.12 bits per heavy atom. The van der Waals surface area contributed by atoms with E-state index in [0.717, 1.165) is 30.0 Å². The molecule has 0 saturated carbocycles. The molecule has 4 saturated heterocycles. The van der Waals surface area contributed by atoms with Gasteiger partial charge in [-0.3, -0.25) is 10.3 Å². The van der Waals surface area contributed by atoms with E-state index in [0.29, 0.717) is 5.92 Å². The van der Waals surface area contributed by atoms with Crippen molar-refractivity contribution in [3.63, 3.8) is 0 Å². The smallest absolute Gasteiger partial charge is 0.154 e. The van der Waals surface area contributed by atoms with Gasteiger partial charge in [0, 0.05) is 24.5 Å². The third kappa shape index (κ3) is 2.31. The van der Waals surface area contributed by atoms with Crippen molar-refractivity contribution in [1.29, 1.82) is 0 Å². The number of hydroxylamine groups is 1. The molecule has 4 fully saturated rings.